The quantitative estimate of drug-likeness (QED) is 0.394. The van der Waals surface area contributed by atoms with Crippen LogP contribution in [0.4, 0.5) is 0 Å². The van der Waals surface area contributed by atoms with Crippen molar-refractivity contribution in [3.8, 4) is 0 Å². The summed E-state index contributed by atoms with van der Waals surface area (Å²) < 4.78 is 25.6. The highest BCUT2D eigenvalue weighted by Crippen LogP contribution is 2.22. The number of amides is 1. The van der Waals surface area contributed by atoms with E-state index in [4.69, 9.17) is 17.3 Å². The standard InChI is InChI=1S/C23H23ClN2O4S.ClH/c24-19-5-1-3-17(13-19)22(27)15-26-12-11-16-7-9-20(10-8-16)31(29,30)21-6-2-4-18(14-21)23(25)28;/h1-10,13-14,22,26-27H,11-12,15H2,(H2,25,28);1H/t22-;/m1./s1. The third kappa shape index (κ3) is 6.54. The minimum absolute atomic E-state index is 0. The molecule has 0 aliphatic heterocycles. The van der Waals surface area contributed by atoms with E-state index in [0.29, 0.717) is 24.5 Å². The van der Waals surface area contributed by atoms with Gasteiger partial charge in [0.1, 0.15) is 0 Å². The van der Waals surface area contributed by atoms with Crippen LogP contribution in [0.5, 0.6) is 0 Å². The highest BCUT2D eigenvalue weighted by Gasteiger charge is 2.18. The second-order valence-electron chi connectivity index (χ2n) is 7.06. The Balaban J connectivity index is 0.00000363. The lowest BCUT2D eigenvalue weighted by Crippen LogP contribution is -2.23. The normalized spacial score (nSPS) is 12.1. The van der Waals surface area contributed by atoms with Gasteiger partial charge in [-0.2, -0.15) is 0 Å². The van der Waals surface area contributed by atoms with E-state index >= 15 is 0 Å². The minimum Gasteiger partial charge on any atom is -0.387 e. The number of sulfone groups is 1. The van der Waals surface area contributed by atoms with Crippen LogP contribution in [0, 0.1) is 0 Å². The molecule has 6 nitrogen and oxygen atoms in total. The highest BCUT2D eigenvalue weighted by atomic mass is 35.5. The summed E-state index contributed by atoms with van der Waals surface area (Å²) in [6, 6.07) is 19.4. The lowest BCUT2D eigenvalue weighted by atomic mass is 10.1. The number of carbonyl (C=O) groups is 1. The fourth-order valence-electron chi connectivity index (χ4n) is 3.09. The molecular formula is C23H24Cl2N2O4S. The van der Waals surface area contributed by atoms with Gasteiger partial charge in [-0.3, -0.25) is 4.79 Å². The Morgan fingerprint density at radius 3 is 2.34 bits per heavy atom. The van der Waals surface area contributed by atoms with Crippen LogP contribution in [0.25, 0.3) is 0 Å². The van der Waals surface area contributed by atoms with Crippen molar-refractivity contribution < 1.29 is 18.3 Å². The van der Waals surface area contributed by atoms with Gasteiger partial charge in [0.2, 0.25) is 15.7 Å². The Labute approximate surface area is 198 Å². The molecule has 1 amide bonds. The summed E-state index contributed by atoms with van der Waals surface area (Å²) in [7, 11) is -3.75. The van der Waals surface area contributed by atoms with Crippen LogP contribution in [0.3, 0.4) is 0 Å². The first-order valence-electron chi connectivity index (χ1n) is 9.65. The lowest BCUT2D eigenvalue weighted by Gasteiger charge is -2.13. The van der Waals surface area contributed by atoms with Crippen LogP contribution < -0.4 is 11.1 Å². The third-order valence-electron chi connectivity index (χ3n) is 4.82. The maximum absolute atomic E-state index is 12.8. The molecule has 0 unspecified atom stereocenters. The molecule has 9 heteroatoms. The van der Waals surface area contributed by atoms with E-state index in [9.17, 15) is 18.3 Å². The molecule has 0 fully saturated rings. The molecule has 0 heterocycles. The zero-order valence-electron chi connectivity index (χ0n) is 17.1. The molecule has 0 radical (unpaired) electrons. The van der Waals surface area contributed by atoms with Crippen molar-refractivity contribution in [1.82, 2.24) is 5.32 Å². The molecule has 0 bridgehead atoms. The summed E-state index contributed by atoms with van der Waals surface area (Å²) in [6.45, 7) is 0.993. The summed E-state index contributed by atoms with van der Waals surface area (Å²) in [4.78, 5) is 11.5. The SMILES string of the molecule is Cl.NC(=O)c1cccc(S(=O)(=O)c2ccc(CCNC[C@@H](O)c3cccc(Cl)c3)cc2)c1. The molecule has 0 spiro atoms. The van der Waals surface area contributed by atoms with Gasteiger partial charge in [-0.15, -0.1) is 12.4 Å². The Hall–Kier alpha value is -2.42. The summed E-state index contributed by atoms with van der Waals surface area (Å²) in [6.07, 6.45) is 0.00196. The van der Waals surface area contributed by atoms with Crippen LogP contribution in [-0.2, 0) is 16.3 Å². The van der Waals surface area contributed by atoms with Crippen molar-refractivity contribution in [3.05, 3.63) is 94.5 Å². The zero-order chi connectivity index (χ0) is 22.4. The molecule has 3 aromatic carbocycles. The second kappa shape index (κ2) is 11.4. The van der Waals surface area contributed by atoms with E-state index in [1.54, 1.807) is 42.5 Å². The first-order valence-corrected chi connectivity index (χ1v) is 11.5. The predicted molar refractivity (Wildman–Crippen MR) is 127 cm³/mol. The van der Waals surface area contributed by atoms with Crippen LogP contribution in [0.1, 0.15) is 27.6 Å². The number of aliphatic hydroxyl groups excluding tert-OH is 1. The van der Waals surface area contributed by atoms with Crippen LogP contribution in [0.2, 0.25) is 5.02 Å². The van der Waals surface area contributed by atoms with Crippen LogP contribution >= 0.6 is 24.0 Å². The van der Waals surface area contributed by atoms with E-state index in [2.05, 4.69) is 5.32 Å². The van der Waals surface area contributed by atoms with Gasteiger partial charge in [-0.05, 0) is 66.6 Å². The highest BCUT2D eigenvalue weighted by molar-refractivity contribution is 7.91. The number of nitrogens with two attached hydrogens (primary N) is 1. The monoisotopic (exact) mass is 494 g/mol. The number of hydrogen-bond acceptors (Lipinski definition) is 5. The third-order valence-corrected chi connectivity index (χ3v) is 6.83. The molecule has 0 saturated heterocycles. The van der Waals surface area contributed by atoms with Crippen molar-refractivity contribution >= 4 is 39.8 Å². The number of primary amides is 1. The molecule has 0 aliphatic rings. The number of benzene rings is 3. The van der Waals surface area contributed by atoms with Gasteiger partial charge in [0, 0.05) is 17.1 Å². The van der Waals surface area contributed by atoms with E-state index in [-0.39, 0.29) is 27.8 Å². The van der Waals surface area contributed by atoms with E-state index < -0.39 is 21.8 Å². The topological polar surface area (TPSA) is 109 Å². The molecule has 1 atom stereocenters. The predicted octanol–water partition coefficient (Wildman–Crippen LogP) is 3.56. The van der Waals surface area contributed by atoms with Crippen molar-refractivity contribution in [2.75, 3.05) is 13.1 Å². The summed E-state index contributed by atoms with van der Waals surface area (Å²) in [5.74, 6) is -0.680. The molecule has 4 N–H and O–H groups in total. The van der Waals surface area contributed by atoms with Gasteiger partial charge in [-0.25, -0.2) is 8.42 Å². The average molecular weight is 495 g/mol. The van der Waals surface area contributed by atoms with Crippen molar-refractivity contribution in [2.45, 2.75) is 22.3 Å². The maximum Gasteiger partial charge on any atom is 0.248 e. The molecule has 0 aromatic heterocycles. The molecule has 3 aromatic rings. The number of rotatable bonds is 9. The fourth-order valence-corrected chi connectivity index (χ4v) is 4.60. The first kappa shape index (κ1) is 25.8. The average Bonchev–Trinajstić information content (AvgIpc) is 2.77. The largest absolute Gasteiger partial charge is 0.387 e. The van der Waals surface area contributed by atoms with Gasteiger partial charge in [0.15, 0.2) is 0 Å². The first-order chi connectivity index (χ1) is 14.8. The van der Waals surface area contributed by atoms with Gasteiger partial charge in [0.05, 0.1) is 15.9 Å². The van der Waals surface area contributed by atoms with Gasteiger partial charge >= 0.3 is 0 Å². The Morgan fingerprint density at radius 1 is 1.00 bits per heavy atom. The van der Waals surface area contributed by atoms with E-state index in [1.165, 1.54) is 24.3 Å². The summed E-state index contributed by atoms with van der Waals surface area (Å²) in [5, 5.41) is 14.0. The minimum atomic E-state index is -3.75. The van der Waals surface area contributed by atoms with Gasteiger partial charge in [0.25, 0.3) is 0 Å². The summed E-state index contributed by atoms with van der Waals surface area (Å²) in [5.41, 5.74) is 7.08. The number of nitrogens with one attached hydrogen (secondary N) is 1. The maximum atomic E-state index is 12.8. The Morgan fingerprint density at radius 2 is 1.69 bits per heavy atom. The zero-order valence-corrected chi connectivity index (χ0v) is 19.5. The molecule has 32 heavy (non-hydrogen) atoms. The molecule has 0 saturated carbocycles. The smallest absolute Gasteiger partial charge is 0.248 e. The molecule has 170 valence electrons. The number of halogens is 2. The van der Waals surface area contributed by atoms with Crippen LogP contribution in [-0.4, -0.2) is 32.5 Å². The van der Waals surface area contributed by atoms with Crippen molar-refractivity contribution in [3.63, 3.8) is 0 Å². The Bertz CT molecular complexity index is 1170. The molecular weight excluding hydrogens is 471 g/mol. The van der Waals surface area contributed by atoms with Crippen molar-refractivity contribution in [1.29, 1.82) is 0 Å². The van der Waals surface area contributed by atoms with Gasteiger partial charge < -0.3 is 16.2 Å². The summed E-state index contributed by atoms with van der Waals surface area (Å²) >= 11 is 5.94. The lowest BCUT2D eigenvalue weighted by molar-refractivity contribution is 0.1000. The van der Waals surface area contributed by atoms with E-state index in [1.807, 2.05) is 6.07 Å². The van der Waals surface area contributed by atoms with Crippen LogP contribution in [0.15, 0.2) is 82.6 Å². The molecule has 0 aliphatic carbocycles. The van der Waals surface area contributed by atoms with Crippen molar-refractivity contribution in [2.24, 2.45) is 5.73 Å². The number of aliphatic hydroxyl groups is 1. The second-order valence-corrected chi connectivity index (χ2v) is 9.45. The Kier molecular flexibility index (Phi) is 9.24. The fraction of sp³-hybridized carbons (Fsp3) is 0.174. The number of hydrogen-bond donors (Lipinski definition) is 3. The number of carbonyl (C=O) groups excluding carboxylic acids is 1. The van der Waals surface area contributed by atoms with E-state index in [0.717, 1.165) is 11.1 Å². The van der Waals surface area contributed by atoms with Gasteiger partial charge in [-0.1, -0.05) is 41.9 Å². The molecule has 3 rings (SSSR count).